The van der Waals surface area contributed by atoms with E-state index in [4.69, 9.17) is 4.74 Å². The van der Waals surface area contributed by atoms with E-state index >= 15 is 0 Å². The Hall–Kier alpha value is -3.93. The van der Waals surface area contributed by atoms with Gasteiger partial charge in [0.2, 0.25) is 0 Å². The molecule has 0 aromatic heterocycles. The van der Waals surface area contributed by atoms with Crippen molar-refractivity contribution in [2.24, 2.45) is 0 Å². The van der Waals surface area contributed by atoms with Crippen molar-refractivity contribution in [3.05, 3.63) is 106 Å². The van der Waals surface area contributed by atoms with Gasteiger partial charge in [-0.3, -0.25) is 9.59 Å². The first-order valence-electron chi connectivity index (χ1n) is 11.3. The van der Waals surface area contributed by atoms with Crippen LogP contribution in [0.15, 0.2) is 78.4 Å². The lowest BCUT2D eigenvalue weighted by Crippen LogP contribution is -2.32. The maximum Gasteiger partial charge on any atom is 0.295 e. The molecule has 1 fully saturated rings. The monoisotopic (exact) mass is 457 g/mol. The first-order chi connectivity index (χ1) is 16.4. The van der Waals surface area contributed by atoms with Gasteiger partial charge in [0.25, 0.3) is 11.7 Å². The van der Waals surface area contributed by atoms with Gasteiger partial charge in [0, 0.05) is 24.1 Å². The summed E-state index contributed by atoms with van der Waals surface area (Å²) in [7, 11) is 0. The van der Waals surface area contributed by atoms with Crippen LogP contribution in [-0.2, 0) is 22.4 Å². The molecule has 2 atom stereocenters. The molecule has 0 radical (unpaired) electrons. The number of halogens is 1. The Labute approximate surface area is 197 Å². The van der Waals surface area contributed by atoms with Crippen molar-refractivity contribution < 1.29 is 23.8 Å². The number of amides is 1. The van der Waals surface area contributed by atoms with Gasteiger partial charge in [0.15, 0.2) is 0 Å². The van der Waals surface area contributed by atoms with E-state index in [9.17, 15) is 19.1 Å². The van der Waals surface area contributed by atoms with E-state index < -0.39 is 23.5 Å². The van der Waals surface area contributed by atoms with Gasteiger partial charge in [-0.25, -0.2) is 4.39 Å². The van der Waals surface area contributed by atoms with Crippen LogP contribution < -0.4 is 4.74 Å². The molecular formula is C28H24FNO4. The molecule has 1 amide bonds. The summed E-state index contributed by atoms with van der Waals surface area (Å²) in [5.41, 5.74) is 2.38. The van der Waals surface area contributed by atoms with Crippen LogP contribution in [0.1, 0.15) is 35.2 Å². The van der Waals surface area contributed by atoms with Crippen LogP contribution in [-0.4, -0.2) is 34.3 Å². The van der Waals surface area contributed by atoms with Crippen LogP contribution >= 0.6 is 0 Å². The first-order valence-corrected chi connectivity index (χ1v) is 11.3. The van der Waals surface area contributed by atoms with Crippen LogP contribution in [0.25, 0.3) is 5.76 Å². The number of likely N-dealkylation sites (tertiary alicyclic amines) is 1. The fraction of sp³-hybridized carbons (Fsp3) is 0.214. The number of aliphatic hydroxyl groups is 1. The highest BCUT2D eigenvalue weighted by atomic mass is 19.1. The Morgan fingerprint density at radius 2 is 1.79 bits per heavy atom. The number of carbonyl (C=O) groups excluding carboxylic acids is 2. The Bertz CT molecular complexity index is 1300. The molecule has 2 aliphatic rings. The maximum absolute atomic E-state index is 14.9. The normalized spacial score (nSPS) is 20.9. The number of benzene rings is 3. The molecule has 3 aromatic carbocycles. The average Bonchev–Trinajstić information content (AvgIpc) is 3.33. The van der Waals surface area contributed by atoms with Gasteiger partial charge in [-0.05, 0) is 48.7 Å². The van der Waals surface area contributed by atoms with Crippen LogP contribution in [0.5, 0.6) is 5.75 Å². The molecule has 0 aliphatic carbocycles. The number of hydrogen-bond acceptors (Lipinski definition) is 4. The van der Waals surface area contributed by atoms with E-state index in [-0.39, 0.29) is 29.5 Å². The minimum absolute atomic E-state index is 0.0226. The number of nitrogens with zero attached hydrogens (tertiary/aromatic N) is 1. The molecule has 0 spiro atoms. The Morgan fingerprint density at radius 1 is 1.06 bits per heavy atom. The first kappa shape index (κ1) is 21.9. The number of Topliss-reactive ketones (excluding diaryl/α,β-unsaturated/α-hetero) is 1. The van der Waals surface area contributed by atoms with Crippen LogP contribution in [0, 0.1) is 5.82 Å². The highest BCUT2D eigenvalue weighted by molar-refractivity contribution is 6.46. The zero-order valence-electron chi connectivity index (χ0n) is 18.7. The topological polar surface area (TPSA) is 66.8 Å². The van der Waals surface area contributed by atoms with Gasteiger partial charge in [-0.2, -0.15) is 0 Å². The standard InChI is InChI=1S/C28H24FNO4/c1-17-15-20-16-19(11-12-23(20)34-17)26(31)24-25(21-9-5-6-10-22(21)29)30(28(33)27(24)32)14-13-18-7-3-2-4-8-18/h2-12,16-17,25,31H,13-15H2,1H3/b26-24+/t17-,25+/m1/s1. The minimum atomic E-state index is -1.02. The van der Waals surface area contributed by atoms with E-state index in [1.807, 2.05) is 37.3 Å². The number of fused-ring (bicyclic) bond motifs is 1. The molecule has 172 valence electrons. The van der Waals surface area contributed by atoms with Crippen molar-refractivity contribution in [3.8, 4) is 5.75 Å². The van der Waals surface area contributed by atoms with Crippen molar-refractivity contribution >= 4 is 17.4 Å². The summed E-state index contributed by atoms with van der Waals surface area (Å²) >= 11 is 0. The van der Waals surface area contributed by atoms with E-state index in [0.717, 1.165) is 16.9 Å². The number of hydrogen-bond donors (Lipinski definition) is 1. The van der Waals surface area contributed by atoms with Crippen molar-refractivity contribution in [2.75, 3.05) is 6.54 Å². The summed E-state index contributed by atoms with van der Waals surface area (Å²) in [6, 6.07) is 19.8. The second-order valence-electron chi connectivity index (χ2n) is 8.70. The summed E-state index contributed by atoms with van der Waals surface area (Å²) in [5, 5.41) is 11.2. The van der Waals surface area contributed by atoms with E-state index in [0.29, 0.717) is 18.4 Å². The van der Waals surface area contributed by atoms with Gasteiger partial charge >= 0.3 is 0 Å². The predicted octanol–water partition coefficient (Wildman–Crippen LogP) is 4.81. The largest absolute Gasteiger partial charge is 0.507 e. The van der Waals surface area contributed by atoms with Crippen molar-refractivity contribution in [1.29, 1.82) is 0 Å². The molecule has 5 nitrogen and oxygen atoms in total. The Kier molecular flexibility index (Phi) is 5.65. The number of ketones is 1. The molecule has 5 rings (SSSR count). The van der Waals surface area contributed by atoms with Crippen molar-refractivity contribution in [3.63, 3.8) is 0 Å². The summed E-state index contributed by atoms with van der Waals surface area (Å²) in [6.07, 6.45) is 1.19. The SMILES string of the molecule is C[C@@H]1Cc2cc(/C(O)=C3\C(=O)C(=O)N(CCc4ccccc4)[C@H]3c3ccccc3F)ccc2O1. The molecule has 1 N–H and O–H groups in total. The molecule has 0 saturated carbocycles. The third-order valence-corrected chi connectivity index (χ3v) is 6.39. The fourth-order valence-electron chi connectivity index (χ4n) is 4.75. The highest BCUT2D eigenvalue weighted by Gasteiger charge is 2.46. The van der Waals surface area contributed by atoms with Crippen LogP contribution in [0.3, 0.4) is 0 Å². The van der Waals surface area contributed by atoms with Gasteiger partial charge in [0.1, 0.15) is 23.4 Å². The van der Waals surface area contributed by atoms with Crippen molar-refractivity contribution in [1.82, 2.24) is 4.90 Å². The smallest absolute Gasteiger partial charge is 0.295 e. The number of aliphatic hydroxyl groups excluding tert-OH is 1. The van der Waals surface area contributed by atoms with Crippen LogP contribution in [0.4, 0.5) is 4.39 Å². The summed E-state index contributed by atoms with van der Waals surface area (Å²) in [5.74, 6) is -1.68. The fourth-order valence-corrected chi connectivity index (χ4v) is 4.75. The Morgan fingerprint density at radius 3 is 2.56 bits per heavy atom. The lowest BCUT2D eigenvalue weighted by atomic mass is 9.94. The highest BCUT2D eigenvalue weighted by Crippen LogP contribution is 2.41. The quantitative estimate of drug-likeness (QED) is 0.339. The molecule has 2 heterocycles. The molecule has 0 bridgehead atoms. The van der Waals surface area contributed by atoms with E-state index in [2.05, 4.69) is 0 Å². The molecule has 2 aliphatic heterocycles. The minimum Gasteiger partial charge on any atom is -0.507 e. The molecule has 3 aromatic rings. The third-order valence-electron chi connectivity index (χ3n) is 6.39. The Balaban J connectivity index is 1.59. The predicted molar refractivity (Wildman–Crippen MR) is 126 cm³/mol. The molecule has 1 saturated heterocycles. The number of carbonyl (C=O) groups is 2. The lowest BCUT2D eigenvalue weighted by molar-refractivity contribution is -0.139. The van der Waals surface area contributed by atoms with Gasteiger partial charge < -0.3 is 14.7 Å². The van der Waals surface area contributed by atoms with E-state index in [1.165, 1.54) is 11.0 Å². The maximum atomic E-state index is 14.9. The van der Waals surface area contributed by atoms with Gasteiger partial charge in [-0.1, -0.05) is 48.5 Å². The zero-order valence-corrected chi connectivity index (χ0v) is 18.7. The van der Waals surface area contributed by atoms with Gasteiger partial charge in [0.05, 0.1) is 11.6 Å². The number of ether oxygens (including phenoxy) is 1. The summed E-state index contributed by atoms with van der Waals surface area (Å²) in [6.45, 7) is 2.16. The molecule has 6 heteroatoms. The van der Waals surface area contributed by atoms with Crippen LogP contribution in [0.2, 0.25) is 0 Å². The van der Waals surface area contributed by atoms with Gasteiger partial charge in [-0.15, -0.1) is 0 Å². The van der Waals surface area contributed by atoms with E-state index in [1.54, 1.807) is 36.4 Å². The molecular weight excluding hydrogens is 433 g/mol. The van der Waals surface area contributed by atoms with Crippen molar-refractivity contribution in [2.45, 2.75) is 31.9 Å². The lowest BCUT2D eigenvalue weighted by Gasteiger charge is -2.25. The second kappa shape index (κ2) is 8.78. The second-order valence-corrected chi connectivity index (χ2v) is 8.70. The molecule has 34 heavy (non-hydrogen) atoms. The molecule has 0 unspecified atom stereocenters. The summed E-state index contributed by atoms with van der Waals surface area (Å²) < 4.78 is 20.7. The zero-order chi connectivity index (χ0) is 23.8. The third kappa shape index (κ3) is 3.85. The summed E-state index contributed by atoms with van der Waals surface area (Å²) in [4.78, 5) is 27.6. The average molecular weight is 458 g/mol. The number of rotatable bonds is 5.